The molecule has 0 atom stereocenters. The Hall–Kier alpha value is -4.12. The molecule has 5 heteroatoms. The summed E-state index contributed by atoms with van der Waals surface area (Å²) in [4.78, 5) is 15.8. The van der Waals surface area contributed by atoms with Crippen molar-refractivity contribution in [2.75, 3.05) is 5.32 Å². The van der Waals surface area contributed by atoms with E-state index < -0.39 is 0 Å². The van der Waals surface area contributed by atoms with Gasteiger partial charge in [0.2, 0.25) is 5.91 Å². The molecule has 0 aliphatic carbocycles. The quantitative estimate of drug-likeness (QED) is 0.425. The van der Waals surface area contributed by atoms with Gasteiger partial charge in [-0.1, -0.05) is 49.1 Å². The molecule has 4 rings (SSSR count). The summed E-state index contributed by atoms with van der Waals surface area (Å²) >= 11 is 0. The highest BCUT2D eigenvalue weighted by Gasteiger charge is 2.15. The summed E-state index contributed by atoms with van der Waals surface area (Å²) in [6.07, 6.45) is 5.98. The zero-order valence-electron chi connectivity index (χ0n) is 17.6. The number of nitrogens with one attached hydrogen (secondary N) is 2. The SMILES string of the molecule is C=C1C(c2ccc3ccccc3c2)=CC=CN1NC(C)=Nc1ccc(NC(C)=O)cc1. The molecule has 0 spiro atoms. The minimum atomic E-state index is -0.0974. The van der Waals surface area contributed by atoms with Crippen LogP contribution in [0.4, 0.5) is 11.4 Å². The van der Waals surface area contributed by atoms with Gasteiger partial charge in [0.15, 0.2) is 0 Å². The summed E-state index contributed by atoms with van der Waals surface area (Å²) in [5.74, 6) is 0.623. The first-order valence-corrected chi connectivity index (χ1v) is 10.1. The first-order chi connectivity index (χ1) is 15.0. The number of hydrogen-bond acceptors (Lipinski definition) is 3. The lowest BCUT2D eigenvalue weighted by molar-refractivity contribution is -0.114. The van der Waals surface area contributed by atoms with Gasteiger partial charge in [-0.25, -0.2) is 4.99 Å². The molecule has 0 radical (unpaired) electrons. The lowest BCUT2D eigenvalue weighted by Gasteiger charge is -2.28. The molecule has 0 saturated heterocycles. The Bertz CT molecular complexity index is 1240. The van der Waals surface area contributed by atoms with Crippen molar-refractivity contribution in [2.24, 2.45) is 4.99 Å². The Kier molecular flexibility index (Phi) is 5.67. The van der Waals surface area contributed by atoms with Gasteiger partial charge in [0.1, 0.15) is 5.84 Å². The molecule has 5 nitrogen and oxygen atoms in total. The third-order valence-corrected chi connectivity index (χ3v) is 4.93. The summed E-state index contributed by atoms with van der Waals surface area (Å²) in [6.45, 7) is 7.67. The van der Waals surface area contributed by atoms with Gasteiger partial charge in [0.05, 0.1) is 11.4 Å². The van der Waals surface area contributed by atoms with Crippen molar-refractivity contribution in [2.45, 2.75) is 13.8 Å². The van der Waals surface area contributed by atoms with E-state index in [-0.39, 0.29) is 5.91 Å². The number of amidine groups is 1. The van der Waals surface area contributed by atoms with Gasteiger partial charge in [0.25, 0.3) is 0 Å². The fourth-order valence-electron chi connectivity index (χ4n) is 3.48. The number of allylic oxidation sites excluding steroid dienone is 3. The van der Waals surface area contributed by atoms with Crippen molar-refractivity contribution in [3.63, 3.8) is 0 Å². The number of rotatable bonds is 4. The van der Waals surface area contributed by atoms with Crippen molar-refractivity contribution in [3.05, 3.63) is 103 Å². The summed E-state index contributed by atoms with van der Waals surface area (Å²) in [6, 6.07) is 22.1. The maximum atomic E-state index is 11.1. The number of hydrazine groups is 1. The molecule has 3 aromatic rings. The van der Waals surface area contributed by atoms with Gasteiger partial charge < -0.3 is 5.32 Å². The van der Waals surface area contributed by atoms with Crippen LogP contribution in [-0.2, 0) is 4.79 Å². The lowest BCUT2D eigenvalue weighted by atomic mass is 9.98. The normalized spacial score (nSPS) is 13.9. The Morgan fingerprint density at radius 3 is 2.45 bits per heavy atom. The number of benzene rings is 3. The van der Waals surface area contributed by atoms with E-state index in [0.717, 1.165) is 34.0 Å². The number of carbonyl (C=O) groups is 1. The average molecular weight is 409 g/mol. The van der Waals surface area contributed by atoms with Crippen molar-refractivity contribution >= 4 is 39.5 Å². The van der Waals surface area contributed by atoms with Gasteiger partial charge in [-0.3, -0.25) is 15.2 Å². The van der Waals surface area contributed by atoms with Crippen LogP contribution in [0, 0.1) is 0 Å². The monoisotopic (exact) mass is 408 g/mol. The molecule has 1 aliphatic rings. The van der Waals surface area contributed by atoms with E-state index in [1.807, 2.05) is 60.6 Å². The van der Waals surface area contributed by atoms with Crippen LogP contribution >= 0.6 is 0 Å². The van der Waals surface area contributed by atoms with Gasteiger partial charge in [-0.15, -0.1) is 0 Å². The van der Waals surface area contributed by atoms with E-state index in [9.17, 15) is 4.79 Å². The zero-order chi connectivity index (χ0) is 21.8. The Balaban J connectivity index is 1.48. The van der Waals surface area contributed by atoms with E-state index >= 15 is 0 Å². The first kappa shape index (κ1) is 20.2. The van der Waals surface area contributed by atoms with Crippen LogP contribution in [0.5, 0.6) is 0 Å². The summed E-state index contributed by atoms with van der Waals surface area (Å²) < 4.78 is 0. The molecule has 31 heavy (non-hydrogen) atoms. The Morgan fingerprint density at radius 2 is 1.71 bits per heavy atom. The van der Waals surface area contributed by atoms with Crippen molar-refractivity contribution < 1.29 is 4.79 Å². The lowest BCUT2D eigenvalue weighted by Crippen LogP contribution is -2.37. The third-order valence-electron chi connectivity index (χ3n) is 4.93. The number of anilines is 1. The molecule has 0 fully saturated rings. The van der Waals surface area contributed by atoms with Crippen LogP contribution in [0.3, 0.4) is 0 Å². The highest BCUT2D eigenvalue weighted by Crippen LogP contribution is 2.29. The number of aliphatic imine (C=N–C) groups is 1. The third kappa shape index (κ3) is 4.73. The molecule has 1 aliphatic heterocycles. The van der Waals surface area contributed by atoms with Crippen molar-refractivity contribution in [1.82, 2.24) is 10.4 Å². The number of carbonyl (C=O) groups excluding carboxylic acids is 1. The second-order valence-corrected chi connectivity index (χ2v) is 7.34. The second kappa shape index (κ2) is 8.71. The smallest absolute Gasteiger partial charge is 0.221 e. The molecule has 0 saturated carbocycles. The predicted octanol–water partition coefficient (Wildman–Crippen LogP) is 5.78. The average Bonchev–Trinajstić information content (AvgIpc) is 2.76. The summed E-state index contributed by atoms with van der Waals surface area (Å²) in [5.41, 5.74) is 7.82. The van der Waals surface area contributed by atoms with E-state index in [4.69, 9.17) is 0 Å². The molecule has 0 unspecified atom stereocenters. The fourth-order valence-corrected chi connectivity index (χ4v) is 3.48. The fraction of sp³-hybridized carbons (Fsp3) is 0.0769. The largest absolute Gasteiger partial charge is 0.326 e. The van der Waals surface area contributed by atoms with E-state index in [2.05, 4.69) is 58.7 Å². The number of hydrogen-bond donors (Lipinski definition) is 2. The minimum Gasteiger partial charge on any atom is -0.326 e. The molecule has 3 aromatic carbocycles. The topological polar surface area (TPSA) is 56.7 Å². The summed E-state index contributed by atoms with van der Waals surface area (Å²) in [7, 11) is 0. The van der Waals surface area contributed by atoms with Crippen LogP contribution < -0.4 is 10.7 Å². The van der Waals surface area contributed by atoms with Gasteiger partial charge in [-0.05, 0) is 59.7 Å². The Labute approximate surface area is 182 Å². The minimum absolute atomic E-state index is 0.0974. The molecule has 0 bridgehead atoms. The number of amides is 1. The zero-order valence-corrected chi connectivity index (χ0v) is 17.6. The molecule has 1 amide bonds. The molecule has 0 aromatic heterocycles. The van der Waals surface area contributed by atoms with E-state index in [1.165, 1.54) is 17.7 Å². The molecular weight excluding hydrogens is 384 g/mol. The van der Waals surface area contributed by atoms with Crippen LogP contribution in [0.25, 0.3) is 16.3 Å². The number of fused-ring (bicyclic) bond motifs is 1. The highest BCUT2D eigenvalue weighted by molar-refractivity contribution is 5.91. The predicted molar refractivity (Wildman–Crippen MR) is 129 cm³/mol. The molecule has 154 valence electrons. The highest BCUT2D eigenvalue weighted by atomic mass is 16.1. The molecule has 2 N–H and O–H groups in total. The van der Waals surface area contributed by atoms with Gasteiger partial charge in [-0.2, -0.15) is 0 Å². The summed E-state index contributed by atoms with van der Waals surface area (Å²) in [5, 5.41) is 7.03. The van der Waals surface area contributed by atoms with Gasteiger partial charge >= 0.3 is 0 Å². The van der Waals surface area contributed by atoms with Crippen LogP contribution in [0.15, 0.2) is 102 Å². The van der Waals surface area contributed by atoms with E-state index in [1.54, 1.807) is 0 Å². The first-order valence-electron chi connectivity index (χ1n) is 10.1. The maximum Gasteiger partial charge on any atom is 0.221 e. The standard InChI is InChI=1S/C26H24N4O/c1-18-26(23-11-10-21-7-4-5-8-22(21)17-23)9-6-16-30(18)29-19(2)27-24-12-14-25(15-13-24)28-20(3)31/h4-17H,1H2,2-3H3,(H,27,29)(H,28,31). The van der Waals surface area contributed by atoms with Crippen LogP contribution in [0.2, 0.25) is 0 Å². The van der Waals surface area contributed by atoms with Crippen molar-refractivity contribution in [3.8, 4) is 0 Å². The second-order valence-electron chi connectivity index (χ2n) is 7.34. The van der Waals surface area contributed by atoms with E-state index in [0.29, 0.717) is 0 Å². The van der Waals surface area contributed by atoms with Crippen molar-refractivity contribution in [1.29, 1.82) is 0 Å². The molecular formula is C26H24N4O. The maximum absolute atomic E-state index is 11.1. The van der Waals surface area contributed by atoms with Gasteiger partial charge in [0, 0.05) is 24.4 Å². The Morgan fingerprint density at radius 1 is 0.968 bits per heavy atom. The van der Waals surface area contributed by atoms with Crippen LogP contribution in [-0.4, -0.2) is 16.8 Å². The molecule has 1 heterocycles. The number of nitrogens with zero attached hydrogens (tertiary/aromatic N) is 2. The van der Waals surface area contributed by atoms with Crippen LogP contribution in [0.1, 0.15) is 19.4 Å².